The number of carbonyl (C=O) groups is 1. The van der Waals surface area contributed by atoms with Crippen LogP contribution in [0.25, 0.3) is 0 Å². The Labute approximate surface area is 151 Å². The molecule has 0 spiro atoms. The zero-order valence-electron chi connectivity index (χ0n) is 14.2. The summed E-state index contributed by atoms with van der Waals surface area (Å²) in [6.45, 7) is 2.00. The van der Waals surface area contributed by atoms with E-state index in [0.29, 0.717) is 22.5 Å². The maximum Gasteiger partial charge on any atom is 0.262 e. The fourth-order valence-electron chi connectivity index (χ4n) is 3.14. The average molecular weight is 340 g/mol. The fourth-order valence-corrected chi connectivity index (χ4v) is 3.14. The highest BCUT2D eigenvalue weighted by atomic mass is 16.2. The summed E-state index contributed by atoms with van der Waals surface area (Å²) in [5.74, 6) is -0.108. The number of fused-ring (bicyclic) bond motifs is 1. The largest absolute Gasteiger partial charge is 0.359 e. The van der Waals surface area contributed by atoms with Crippen LogP contribution in [0, 0.1) is 18.3 Å². The van der Waals surface area contributed by atoms with Crippen molar-refractivity contribution in [1.29, 1.82) is 5.26 Å². The van der Waals surface area contributed by atoms with Crippen molar-refractivity contribution in [3.05, 3.63) is 89.2 Å². The Hall–Kier alpha value is -3.65. The van der Waals surface area contributed by atoms with Gasteiger partial charge in [0, 0.05) is 11.9 Å². The minimum Gasteiger partial charge on any atom is -0.359 e. The summed E-state index contributed by atoms with van der Waals surface area (Å²) in [5.41, 5.74) is 4.32. The second kappa shape index (κ2) is 6.34. The van der Waals surface area contributed by atoms with Gasteiger partial charge in [-0.05, 0) is 43.3 Å². The number of hydrogen-bond acceptors (Lipinski definition) is 4. The zero-order valence-corrected chi connectivity index (χ0v) is 14.2. The molecule has 1 aromatic heterocycles. The van der Waals surface area contributed by atoms with Crippen molar-refractivity contribution in [2.45, 2.75) is 13.1 Å². The molecule has 2 heterocycles. The molecule has 3 aromatic rings. The Morgan fingerprint density at radius 2 is 1.85 bits per heavy atom. The van der Waals surface area contributed by atoms with E-state index in [9.17, 15) is 10.1 Å². The van der Waals surface area contributed by atoms with Gasteiger partial charge < -0.3 is 5.32 Å². The number of rotatable bonds is 3. The third-order valence-electron chi connectivity index (χ3n) is 4.46. The molecule has 2 aromatic carbocycles. The molecule has 0 aliphatic carbocycles. The second-order valence-electron chi connectivity index (χ2n) is 6.15. The van der Waals surface area contributed by atoms with E-state index < -0.39 is 6.17 Å². The highest BCUT2D eigenvalue weighted by Gasteiger charge is 2.39. The highest BCUT2D eigenvalue weighted by Crippen LogP contribution is 2.37. The van der Waals surface area contributed by atoms with Crippen LogP contribution in [0.4, 0.5) is 11.4 Å². The molecular weight excluding hydrogens is 324 g/mol. The van der Waals surface area contributed by atoms with Gasteiger partial charge in [0.15, 0.2) is 6.17 Å². The van der Waals surface area contributed by atoms with Crippen molar-refractivity contribution in [2.24, 2.45) is 0 Å². The first-order valence-electron chi connectivity index (χ1n) is 8.30. The molecule has 4 rings (SSSR count). The van der Waals surface area contributed by atoms with Crippen LogP contribution in [0.3, 0.4) is 0 Å². The first kappa shape index (κ1) is 15.9. The van der Waals surface area contributed by atoms with E-state index in [4.69, 9.17) is 0 Å². The molecule has 0 fully saturated rings. The predicted molar refractivity (Wildman–Crippen MR) is 99.7 cm³/mol. The molecule has 1 amide bonds. The topological polar surface area (TPSA) is 69.0 Å². The zero-order chi connectivity index (χ0) is 18.1. The quantitative estimate of drug-likeness (QED) is 0.781. The number of aryl methyl sites for hydroxylation is 1. The third-order valence-corrected chi connectivity index (χ3v) is 4.46. The van der Waals surface area contributed by atoms with E-state index in [1.165, 1.54) is 0 Å². The Balaban J connectivity index is 1.81. The molecule has 5 nitrogen and oxygen atoms in total. The highest BCUT2D eigenvalue weighted by molar-refractivity contribution is 6.11. The van der Waals surface area contributed by atoms with Crippen LogP contribution in [0.1, 0.15) is 33.3 Å². The standard InChI is InChI=1S/C21H16N4O/c1-14-8-10-16(11-9-14)25-20(19-17(21(25)26)6-4-12-23-19)24-18-7-3-2-5-15(18)13-22/h2-12,20,24H,1H3/t20-/m0/s1. The van der Waals surface area contributed by atoms with Gasteiger partial charge in [-0.2, -0.15) is 5.26 Å². The van der Waals surface area contributed by atoms with E-state index in [-0.39, 0.29) is 5.91 Å². The Bertz CT molecular complexity index is 1020. The number of nitriles is 1. The molecule has 126 valence electrons. The number of nitrogens with zero attached hydrogens (tertiary/aromatic N) is 3. The summed E-state index contributed by atoms with van der Waals surface area (Å²) in [6, 6.07) is 20.8. The first-order chi connectivity index (χ1) is 12.7. The van der Waals surface area contributed by atoms with Crippen molar-refractivity contribution in [2.75, 3.05) is 10.2 Å². The Morgan fingerprint density at radius 1 is 1.08 bits per heavy atom. The van der Waals surface area contributed by atoms with E-state index >= 15 is 0 Å². The average Bonchev–Trinajstić information content (AvgIpc) is 2.95. The molecule has 26 heavy (non-hydrogen) atoms. The molecule has 0 unspecified atom stereocenters. The molecule has 1 aliphatic heterocycles. The summed E-state index contributed by atoms with van der Waals surface area (Å²) >= 11 is 0. The van der Waals surface area contributed by atoms with Gasteiger partial charge in [0.2, 0.25) is 0 Å². The van der Waals surface area contributed by atoms with Crippen molar-refractivity contribution in [3.8, 4) is 6.07 Å². The third kappa shape index (κ3) is 2.58. The van der Waals surface area contributed by atoms with Gasteiger partial charge in [-0.1, -0.05) is 29.8 Å². The lowest BCUT2D eigenvalue weighted by atomic mass is 10.1. The molecule has 0 bridgehead atoms. The van der Waals surface area contributed by atoms with Gasteiger partial charge in [0.25, 0.3) is 5.91 Å². The summed E-state index contributed by atoms with van der Waals surface area (Å²) in [5, 5.41) is 12.7. The Kier molecular flexibility index (Phi) is 3.86. The molecule has 0 saturated heterocycles. The maximum absolute atomic E-state index is 13.0. The second-order valence-corrected chi connectivity index (χ2v) is 6.15. The Morgan fingerprint density at radius 3 is 2.62 bits per heavy atom. The van der Waals surface area contributed by atoms with E-state index in [2.05, 4.69) is 16.4 Å². The molecule has 5 heteroatoms. The number of benzene rings is 2. The van der Waals surface area contributed by atoms with Crippen LogP contribution < -0.4 is 10.2 Å². The predicted octanol–water partition coefficient (Wildman–Crippen LogP) is 4.03. The molecule has 1 N–H and O–H groups in total. The molecule has 0 saturated carbocycles. The minimum absolute atomic E-state index is 0.108. The van der Waals surface area contributed by atoms with E-state index in [1.807, 2.05) is 49.4 Å². The number of aromatic nitrogens is 1. The number of para-hydroxylation sites is 1. The van der Waals surface area contributed by atoms with E-state index in [0.717, 1.165) is 11.3 Å². The van der Waals surface area contributed by atoms with Crippen molar-refractivity contribution >= 4 is 17.3 Å². The van der Waals surface area contributed by atoms with Crippen LogP contribution in [0.5, 0.6) is 0 Å². The van der Waals surface area contributed by atoms with Gasteiger partial charge >= 0.3 is 0 Å². The summed E-state index contributed by atoms with van der Waals surface area (Å²) in [7, 11) is 0. The minimum atomic E-state index is -0.476. The number of amides is 1. The number of nitrogens with one attached hydrogen (secondary N) is 1. The maximum atomic E-state index is 13.0. The summed E-state index contributed by atoms with van der Waals surface area (Å²) in [4.78, 5) is 19.1. The first-order valence-corrected chi connectivity index (χ1v) is 8.30. The lowest BCUT2D eigenvalue weighted by molar-refractivity contribution is 0.0993. The van der Waals surface area contributed by atoms with Gasteiger partial charge in [0.05, 0.1) is 22.5 Å². The van der Waals surface area contributed by atoms with Gasteiger partial charge in [-0.3, -0.25) is 14.7 Å². The molecule has 1 atom stereocenters. The lowest BCUT2D eigenvalue weighted by Crippen LogP contribution is -2.32. The van der Waals surface area contributed by atoms with E-state index in [1.54, 1.807) is 29.3 Å². The lowest BCUT2D eigenvalue weighted by Gasteiger charge is -2.27. The van der Waals surface area contributed by atoms with Crippen molar-refractivity contribution < 1.29 is 4.79 Å². The number of hydrogen-bond donors (Lipinski definition) is 1. The fraction of sp³-hybridized carbons (Fsp3) is 0.0952. The normalized spacial score (nSPS) is 15.5. The molecule has 0 radical (unpaired) electrons. The van der Waals surface area contributed by atoms with Gasteiger partial charge in [0.1, 0.15) is 6.07 Å². The van der Waals surface area contributed by atoms with Crippen LogP contribution in [0.2, 0.25) is 0 Å². The summed E-state index contributed by atoms with van der Waals surface area (Å²) in [6.07, 6.45) is 1.20. The SMILES string of the molecule is Cc1ccc(N2C(=O)c3cccnc3[C@H]2Nc2ccccc2C#N)cc1. The monoisotopic (exact) mass is 340 g/mol. The van der Waals surface area contributed by atoms with Gasteiger partial charge in [-0.25, -0.2) is 0 Å². The smallest absolute Gasteiger partial charge is 0.262 e. The molecular formula is C21H16N4O. The van der Waals surface area contributed by atoms with Crippen LogP contribution in [-0.4, -0.2) is 10.9 Å². The number of carbonyl (C=O) groups excluding carboxylic acids is 1. The van der Waals surface area contributed by atoms with Crippen molar-refractivity contribution in [1.82, 2.24) is 4.98 Å². The molecule has 1 aliphatic rings. The van der Waals surface area contributed by atoms with Crippen LogP contribution >= 0.6 is 0 Å². The van der Waals surface area contributed by atoms with Crippen LogP contribution in [0.15, 0.2) is 66.9 Å². The number of anilines is 2. The van der Waals surface area contributed by atoms with Gasteiger partial charge in [-0.15, -0.1) is 0 Å². The van der Waals surface area contributed by atoms with Crippen molar-refractivity contribution in [3.63, 3.8) is 0 Å². The summed E-state index contributed by atoms with van der Waals surface area (Å²) < 4.78 is 0. The number of pyridine rings is 1. The van der Waals surface area contributed by atoms with Crippen LogP contribution in [-0.2, 0) is 0 Å².